The molecule has 3 rings (SSSR count). The molecule has 1 fully saturated rings. The van der Waals surface area contributed by atoms with Crippen LogP contribution in [0, 0.1) is 5.82 Å². The normalized spacial score (nSPS) is 22.4. The standard InChI is InChI=1S/C14H15BrFN3O/c1-17-12-4-2-3-10(12)14-18-13(19-20-14)9-6-5-8(16)7-11(9)15/h5-7,10,12,17H,2-4H2,1H3. The summed E-state index contributed by atoms with van der Waals surface area (Å²) < 4.78 is 19.1. The van der Waals surface area contributed by atoms with E-state index in [1.165, 1.54) is 12.1 Å². The van der Waals surface area contributed by atoms with E-state index in [1.807, 2.05) is 7.05 Å². The molecule has 1 aliphatic rings. The van der Waals surface area contributed by atoms with Gasteiger partial charge in [0.1, 0.15) is 5.82 Å². The van der Waals surface area contributed by atoms with Crippen molar-refractivity contribution in [1.29, 1.82) is 0 Å². The van der Waals surface area contributed by atoms with E-state index >= 15 is 0 Å². The lowest BCUT2D eigenvalue weighted by molar-refractivity contribution is 0.335. The molecule has 2 atom stereocenters. The van der Waals surface area contributed by atoms with Gasteiger partial charge in [-0.15, -0.1) is 0 Å². The van der Waals surface area contributed by atoms with Gasteiger partial charge in [-0.2, -0.15) is 4.98 Å². The maximum absolute atomic E-state index is 13.1. The molecule has 1 aliphatic carbocycles. The number of nitrogens with one attached hydrogen (secondary N) is 1. The molecule has 1 aromatic heterocycles. The van der Waals surface area contributed by atoms with Gasteiger partial charge < -0.3 is 9.84 Å². The van der Waals surface area contributed by atoms with E-state index in [2.05, 4.69) is 31.4 Å². The first-order valence-corrected chi connectivity index (χ1v) is 7.44. The van der Waals surface area contributed by atoms with Crippen LogP contribution in [0.25, 0.3) is 11.4 Å². The highest BCUT2D eigenvalue weighted by Gasteiger charge is 2.32. The van der Waals surface area contributed by atoms with Crippen molar-refractivity contribution in [2.24, 2.45) is 0 Å². The van der Waals surface area contributed by atoms with E-state index in [0.717, 1.165) is 24.8 Å². The van der Waals surface area contributed by atoms with Gasteiger partial charge in [-0.05, 0) is 54.0 Å². The number of halogens is 2. The molecule has 2 aromatic rings. The Morgan fingerprint density at radius 2 is 2.25 bits per heavy atom. The van der Waals surface area contributed by atoms with Crippen LogP contribution < -0.4 is 5.32 Å². The van der Waals surface area contributed by atoms with Crippen molar-refractivity contribution in [1.82, 2.24) is 15.5 Å². The Bertz CT molecular complexity index is 616. The van der Waals surface area contributed by atoms with E-state index in [0.29, 0.717) is 22.2 Å². The summed E-state index contributed by atoms with van der Waals surface area (Å²) in [7, 11) is 1.96. The summed E-state index contributed by atoms with van der Waals surface area (Å²) in [5, 5.41) is 7.32. The molecule has 4 nitrogen and oxygen atoms in total. The maximum Gasteiger partial charge on any atom is 0.231 e. The SMILES string of the molecule is CNC1CCCC1c1nc(-c2ccc(F)cc2Br)no1. The molecule has 20 heavy (non-hydrogen) atoms. The number of aromatic nitrogens is 2. The third kappa shape index (κ3) is 2.50. The molecular weight excluding hydrogens is 325 g/mol. The Hall–Kier alpha value is -1.27. The van der Waals surface area contributed by atoms with Crippen molar-refractivity contribution in [3.05, 3.63) is 34.4 Å². The third-order valence-electron chi connectivity index (χ3n) is 3.82. The predicted octanol–water partition coefficient (Wildman–Crippen LogP) is 3.49. The highest BCUT2D eigenvalue weighted by atomic mass is 79.9. The average Bonchev–Trinajstić information content (AvgIpc) is 3.06. The van der Waals surface area contributed by atoms with Gasteiger partial charge >= 0.3 is 0 Å². The minimum Gasteiger partial charge on any atom is -0.339 e. The minimum absolute atomic E-state index is 0.264. The van der Waals surface area contributed by atoms with E-state index in [1.54, 1.807) is 6.07 Å². The zero-order chi connectivity index (χ0) is 14.1. The summed E-state index contributed by atoms with van der Waals surface area (Å²) in [6.45, 7) is 0. The molecule has 6 heteroatoms. The number of benzene rings is 1. The van der Waals surface area contributed by atoms with Crippen LogP contribution in [0.4, 0.5) is 4.39 Å². The molecule has 1 saturated carbocycles. The van der Waals surface area contributed by atoms with Gasteiger partial charge in [-0.25, -0.2) is 4.39 Å². The van der Waals surface area contributed by atoms with E-state index in [4.69, 9.17) is 4.52 Å². The molecule has 0 amide bonds. The van der Waals surface area contributed by atoms with Gasteiger partial charge in [0.25, 0.3) is 0 Å². The van der Waals surface area contributed by atoms with Gasteiger partial charge in [0.05, 0.1) is 5.92 Å². The van der Waals surface area contributed by atoms with Crippen molar-refractivity contribution in [2.75, 3.05) is 7.05 Å². The third-order valence-corrected chi connectivity index (χ3v) is 4.47. The summed E-state index contributed by atoms with van der Waals surface area (Å²) in [6.07, 6.45) is 3.34. The molecule has 1 N–H and O–H groups in total. The zero-order valence-corrected chi connectivity index (χ0v) is 12.7. The summed E-state index contributed by atoms with van der Waals surface area (Å²) in [4.78, 5) is 4.48. The minimum atomic E-state index is -0.296. The smallest absolute Gasteiger partial charge is 0.231 e. The van der Waals surface area contributed by atoms with E-state index in [9.17, 15) is 4.39 Å². The van der Waals surface area contributed by atoms with Crippen LogP contribution in [0.5, 0.6) is 0 Å². The van der Waals surface area contributed by atoms with E-state index < -0.39 is 0 Å². The molecule has 1 heterocycles. The highest BCUT2D eigenvalue weighted by Crippen LogP contribution is 2.35. The first kappa shape index (κ1) is 13.7. The van der Waals surface area contributed by atoms with Crippen molar-refractivity contribution in [3.63, 3.8) is 0 Å². The number of nitrogens with zero attached hydrogens (tertiary/aromatic N) is 2. The average molecular weight is 340 g/mol. The maximum atomic E-state index is 13.1. The molecule has 0 aliphatic heterocycles. The van der Waals surface area contributed by atoms with Gasteiger partial charge in [-0.1, -0.05) is 11.6 Å². The van der Waals surface area contributed by atoms with Crippen LogP contribution in [0.3, 0.4) is 0 Å². The van der Waals surface area contributed by atoms with Crippen molar-refractivity contribution in [3.8, 4) is 11.4 Å². The first-order chi connectivity index (χ1) is 9.69. The fourth-order valence-corrected chi connectivity index (χ4v) is 3.30. The molecule has 2 unspecified atom stereocenters. The Morgan fingerprint density at radius 3 is 3.00 bits per heavy atom. The van der Waals surface area contributed by atoms with Gasteiger partial charge in [0.15, 0.2) is 0 Å². The topological polar surface area (TPSA) is 51.0 Å². The fraction of sp³-hybridized carbons (Fsp3) is 0.429. The van der Waals surface area contributed by atoms with Gasteiger partial charge in [-0.3, -0.25) is 0 Å². The summed E-state index contributed by atoms with van der Waals surface area (Å²) in [5.74, 6) is 1.12. The second-order valence-corrected chi connectivity index (χ2v) is 5.87. The lowest BCUT2D eigenvalue weighted by Crippen LogP contribution is -2.27. The second kappa shape index (κ2) is 5.61. The molecule has 1 aromatic carbocycles. The van der Waals surface area contributed by atoms with Crippen LogP contribution >= 0.6 is 15.9 Å². The van der Waals surface area contributed by atoms with Crippen molar-refractivity contribution in [2.45, 2.75) is 31.2 Å². The molecule has 0 spiro atoms. The molecular formula is C14H15BrFN3O. The molecule has 106 valence electrons. The Kier molecular flexibility index (Phi) is 3.85. The van der Waals surface area contributed by atoms with Crippen molar-refractivity contribution < 1.29 is 8.91 Å². The zero-order valence-electron chi connectivity index (χ0n) is 11.1. The molecule has 0 radical (unpaired) electrons. The monoisotopic (exact) mass is 339 g/mol. The summed E-state index contributed by atoms with van der Waals surface area (Å²) >= 11 is 3.33. The largest absolute Gasteiger partial charge is 0.339 e. The van der Waals surface area contributed by atoms with E-state index in [-0.39, 0.29) is 11.7 Å². The summed E-state index contributed by atoms with van der Waals surface area (Å²) in [5.41, 5.74) is 0.736. The van der Waals surface area contributed by atoms with Gasteiger partial charge in [0.2, 0.25) is 11.7 Å². The quantitative estimate of drug-likeness (QED) is 0.929. The number of hydrogen-bond acceptors (Lipinski definition) is 4. The lowest BCUT2D eigenvalue weighted by Gasteiger charge is -2.14. The molecule has 0 saturated heterocycles. The van der Waals surface area contributed by atoms with Crippen molar-refractivity contribution >= 4 is 15.9 Å². The number of likely N-dealkylation sites (N-methyl/N-ethyl adjacent to an activating group) is 1. The van der Waals surface area contributed by atoms with Crippen LogP contribution in [-0.2, 0) is 0 Å². The van der Waals surface area contributed by atoms with Crippen LogP contribution in [0.15, 0.2) is 27.2 Å². The number of hydrogen-bond donors (Lipinski definition) is 1. The fourth-order valence-electron chi connectivity index (χ4n) is 2.77. The second-order valence-electron chi connectivity index (χ2n) is 5.01. The Labute approximate surface area is 124 Å². The van der Waals surface area contributed by atoms with Gasteiger partial charge in [0, 0.05) is 16.1 Å². The lowest BCUT2D eigenvalue weighted by atomic mass is 10.0. The Balaban J connectivity index is 1.90. The highest BCUT2D eigenvalue weighted by molar-refractivity contribution is 9.10. The number of rotatable bonds is 3. The van der Waals surface area contributed by atoms with Crippen LogP contribution in [0.2, 0.25) is 0 Å². The summed E-state index contributed by atoms with van der Waals surface area (Å²) in [6, 6.07) is 4.83. The van der Waals surface area contributed by atoms with Crippen LogP contribution in [-0.4, -0.2) is 23.2 Å². The molecule has 0 bridgehead atoms. The Morgan fingerprint density at radius 1 is 1.40 bits per heavy atom. The van der Waals surface area contributed by atoms with Crippen LogP contribution in [0.1, 0.15) is 31.1 Å². The first-order valence-electron chi connectivity index (χ1n) is 6.65. The predicted molar refractivity (Wildman–Crippen MR) is 76.8 cm³/mol.